The molecule has 11 heteroatoms. The monoisotopic (exact) mass is 363 g/mol. The molecule has 7 nitrogen and oxygen atoms in total. The second kappa shape index (κ2) is 6.28. The Balaban J connectivity index is 1.84. The minimum atomic E-state index is -4.50. The molecule has 0 N–H and O–H groups in total. The summed E-state index contributed by atoms with van der Waals surface area (Å²) >= 11 is 1.08. The van der Waals surface area contributed by atoms with Gasteiger partial charge in [0.15, 0.2) is 11.2 Å². The Morgan fingerprint density at radius 2 is 2.17 bits per heavy atom. The summed E-state index contributed by atoms with van der Waals surface area (Å²) in [6, 6.07) is 0. The standard InChI is InChI=1S/C13H16F3N5O2S/c1-8-17-10(23-19-8)12(13(14,15)16)4-5-21(7-12)11-18-9(20-24-11)3-6-22-2/h3-7H2,1-2H3. The van der Waals surface area contributed by atoms with Crippen molar-refractivity contribution in [1.82, 2.24) is 19.5 Å². The Bertz CT molecular complexity index is 704. The van der Waals surface area contributed by atoms with Gasteiger partial charge in [-0.3, -0.25) is 0 Å². The van der Waals surface area contributed by atoms with Crippen molar-refractivity contribution in [1.29, 1.82) is 0 Å². The van der Waals surface area contributed by atoms with Crippen LogP contribution < -0.4 is 4.90 Å². The van der Waals surface area contributed by atoms with Gasteiger partial charge in [-0.1, -0.05) is 5.16 Å². The third kappa shape index (κ3) is 2.97. The molecule has 3 heterocycles. The van der Waals surface area contributed by atoms with Crippen LogP contribution in [0.3, 0.4) is 0 Å². The zero-order valence-corrected chi connectivity index (χ0v) is 13.9. The number of hydrogen-bond acceptors (Lipinski definition) is 8. The number of ether oxygens (including phenoxy) is 1. The van der Waals surface area contributed by atoms with E-state index in [2.05, 4.69) is 19.5 Å². The summed E-state index contributed by atoms with van der Waals surface area (Å²) in [7, 11) is 1.57. The number of aryl methyl sites for hydroxylation is 1. The molecule has 1 aliphatic rings. The molecule has 2 aromatic heterocycles. The molecule has 0 spiro atoms. The van der Waals surface area contributed by atoms with E-state index in [0.717, 1.165) is 11.5 Å². The summed E-state index contributed by atoms with van der Waals surface area (Å²) in [6.07, 6.45) is -4.14. The first-order chi connectivity index (χ1) is 11.4. The van der Waals surface area contributed by atoms with E-state index in [9.17, 15) is 13.2 Å². The molecule has 0 aliphatic carbocycles. The average Bonchev–Trinajstić information content (AvgIpc) is 3.22. The summed E-state index contributed by atoms with van der Waals surface area (Å²) in [4.78, 5) is 9.70. The third-order valence-electron chi connectivity index (χ3n) is 4.01. The molecule has 0 amide bonds. The lowest BCUT2D eigenvalue weighted by molar-refractivity contribution is -0.191. The van der Waals surface area contributed by atoms with Crippen LogP contribution in [0, 0.1) is 6.92 Å². The predicted octanol–water partition coefficient (Wildman–Crippen LogP) is 2.13. The zero-order valence-electron chi connectivity index (χ0n) is 13.1. The minimum Gasteiger partial charge on any atom is -0.384 e. The zero-order chi connectivity index (χ0) is 17.4. The second-order valence-corrected chi connectivity index (χ2v) is 6.36. The molecule has 1 unspecified atom stereocenters. The van der Waals surface area contributed by atoms with Gasteiger partial charge in [-0.25, -0.2) is 4.98 Å². The minimum absolute atomic E-state index is 0.162. The van der Waals surface area contributed by atoms with Crippen LogP contribution in [0.2, 0.25) is 0 Å². The van der Waals surface area contributed by atoms with Crippen LogP contribution in [0.15, 0.2) is 4.52 Å². The molecule has 0 bridgehead atoms. The summed E-state index contributed by atoms with van der Waals surface area (Å²) in [5, 5.41) is 3.97. The fourth-order valence-electron chi connectivity index (χ4n) is 2.66. The summed E-state index contributed by atoms with van der Waals surface area (Å²) in [5.74, 6) is 0.360. The normalized spacial score (nSPS) is 21.6. The van der Waals surface area contributed by atoms with Crippen molar-refractivity contribution in [2.45, 2.75) is 31.4 Å². The fraction of sp³-hybridized carbons (Fsp3) is 0.692. The maximum absolute atomic E-state index is 13.8. The van der Waals surface area contributed by atoms with Crippen molar-refractivity contribution in [2.24, 2.45) is 0 Å². The Hall–Kier alpha value is -1.75. The molecule has 0 aromatic carbocycles. The van der Waals surface area contributed by atoms with Gasteiger partial charge < -0.3 is 14.2 Å². The van der Waals surface area contributed by atoms with Gasteiger partial charge >= 0.3 is 6.18 Å². The molecule has 2 aromatic rings. The van der Waals surface area contributed by atoms with Crippen LogP contribution in [0.1, 0.15) is 24.0 Å². The lowest BCUT2D eigenvalue weighted by Crippen LogP contribution is -2.45. The van der Waals surface area contributed by atoms with Crippen LogP contribution in [0.25, 0.3) is 0 Å². The summed E-state index contributed by atoms with van der Waals surface area (Å²) < 4.78 is 55.3. The maximum atomic E-state index is 13.8. The van der Waals surface area contributed by atoms with Gasteiger partial charge in [-0.2, -0.15) is 22.5 Å². The number of rotatable bonds is 5. The van der Waals surface area contributed by atoms with Crippen molar-refractivity contribution in [3.63, 3.8) is 0 Å². The van der Waals surface area contributed by atoms with Gasteiger partial charge in [0, 0.05) is 38.2 Å². The van der Waals surface area contributed by atoms with Crippen molar-refractivity contribution >= 4 is 16.7 Å². The number of alkyl halides is 3. The largest absolute Gasteiger partial charge is 0.405 e. The lowest BCUT2D eigenvalue weighted by Gasteiger charge is -2.27. The van der Waals surface area contributed by atoms with Gasteiger partial charge in [0.2, 0.25) is 11.0 Å². The van der Waals surface area contributed by atoms with Crippen LogP contribution in [0.4, 0.5) is 18.3 Å². The maximum Gasteiger partial charge on any atom is 0.405 e. The Kier molecular flexibility index (Phi) is 4.47. The first-order valence-electron chi connectivity index (χ1n) is 7.30. The first-order valence-corrected chi connectivity index (χ1v) is 8.07. The van der Waals surface area contributed by atoms with Gasteiger partial charge in [-0.05, 0) is 13.3 Å². The quantitative estimate of drug-likeness (QED) is 0.805. The van der Waals surface area contributed by atoms with E-state index < -0.39 is 11.6 Å². The van der Waals surface area contributed by atoms with Gasteiger partial charge in [0.05, 0.1) is 6.61 Å². The third-order valence-corrected chi connectivity index (χ3v) is 4.82. The van der Waals surface area contributed by atoms with Gasteiger partial charge in [0.1, 0.15) is 5.82 Å². The predicted molar refractivity (Wildman–Crippen MR) is 79.1 cm³/mol. The van der Waals surface area contributed by atoms with E-state index in [-0.39, 0.29) is 31.2 Å². The van der Waals surface area contributed by atoms with Crippen molar-refractivity contribution in [3.05, 3.63) is 17.5 Å². The van der Waals surface area contributed by atoms with E-state index in [1.54, 1.807) is 12.0 Å². The molecular weight excluding hydrogens is 347 g/mol. The molecule has 1 fully saturated rings. The number of anilines is 1. The molecule has 0 saturated carbocycles. The van der Waals surface area contributed by atoms with Crippen LogP contribution in [0.5, 0.6) is 0 Å². The van der Waals surface area contributed by atoms with E-state index in [1.807, 2.05) is 0 Å². The van der Waals surface area contributed by atoms with Crippen molar-refractivity contribution < 1.29 is 22.4 Å². The van der Waals surface area contributed by atoms with Gasteiger partial charge in [-0.15, -0.1) is 0 Å². The first kappa shape index (κ1) is 17.1. The van der Waals surface area contributed by atoms with Crippen molar-refractivity contribution in [3.8, 4) is 0 Å². The second-order valence-electron chi connectivity index (χ2n) is 5.63. The SMILES string of the molecule is COCCc1nsc(N2CCC(c3nc(C)no3)(C(F)(F)F)C2)n1. The molecule has 0 radical (unpaired) electrons. The van der Waals surface area contributed by atoms with Gasteiger partial charge in [0.25, 0.3) is 0 Å². The highest BCUT2D eigenvalue weighted by Crippen LogP contribution is 2.48. The lowest BCUT2D eigenvalue weighted by atomic mass is 9.86. The highest BCUT2D eigenvalue weighted by Gasteiger charge is 2.63. The molecule has 132 valence electrons. The summed E-state index contributed by atoms with van der Waals surface area (Å²) in [5.41, 5.74) is -2.17. The number of hydrogen-bond donors (Lipinski definition) is 0. The average molecular weight is 363 g/mol. The number of aromatic nitrogens is 4. The molecule has 3 rings (SSSR count). The van der Waals surface area contributed by atoms with E-state index >= 15 is 0 Å². The molecule has 1 aliphatic heterocycles. The molecule has 1 atom stereocenters. The fourth-order valence-corrected chi connectivity index (χ4v) is 3.40. The Morgan fingerprint density at radius 3 is 2.79 bits per heavy atom. The molecular formula is C13H16F3N5O2S. The Labute approximate surface area is 140 Å². The number of halogens is 3. The molecule has 24 heavy (non-hydrogen) atoms. The van der Waals surface area contributed by atoms with E-state index in [4.69, 9.17) is 9.26 Å². The Morgan fingerprint density at radius 1 is 1.38 bits per heavy atom. The summed E-state index contributed by atoms with van der Waals surface area (Å²) in [6.45, 7) is 1.84. The van der Waals surface area contributed by atoms with Crippen molar-refractivity contribution in [2.75, 3.05) is 31.7 Å². The van der Waals surface area contributed by atoms with Crippen LogP contribution >= 0.6 is 11.5 Å². The number of methoxy groups -OCH3 is 1. The van der Waals surface area contributed by atoms with E-state index in [0.29, 0.717) is 24.0 Å². The highest BCUT2D eigenvalue weighted by atomic mass is 32.1. The smallest absolute Gasteiger partial charge is 0.384 e. The highest BCUT2D eigenvalue weighted by molar-refractivity contribution is 7.09. The van der Waals surface area contributed by atoms with E-state index in [1.165, 1.54) is 6.92 Å². The molecule has 1 saturated heterocycles. The topological polar surface area (TPSA) is 77.2 Å². The van der Waals surface area contributed by atoms with Crippen LogP contribution in [-0.2, 0) is 16.6 Å². The van der Waals surface area contributed by atoms with Crippen LogP contribution in [-0.4, -0.2) is 52.5 Å². The number of nitrogens with zero attached hydrogens (tertiary/aromatic N) is 5.